The number of hydrogen-bond acceptors (Lipinski definition) is 10. The minimum Gasteiger partial charge on any atom is -0.457 e. The fourth-order valence-corrected chi connectivity index (χ4v) is 5.02. The molecule has 7 rings (SSSR count). The molecule has 16 nitrogen and oxygen atoms in total. The number of fused-ring (bicyclic) bond motifs is 2. The fraction of sp³-hybridized carbons (Fsp3) is 0. The smallest absolute Gasteiger partial charge is 0.325 e. The number of amides is 4. The van der Waals surface area contributed by atoms with E-state index in [1.165, 1.54) is 42.5 Å². The third-order valence-electron chi connectivity index (χ3n) is 7.07. The Kier molecular flexibility index (Phi) is 6.19. The summed E-state index contributed by atoms with van der Waals surface area (Å²) in [6.07, 6.45) is 1.95. The van der Waals surface area contributed by atoms with Gasteiger partial charge >= 0.3 is 11.4 Å². The van der Waals surface area contributed by atoms with Gasteiger partial charge in [-0.05, 0) is 48.5 Å². The number of aromatic nitrogens is 4. The number of carbonyl (C=O) groups excluding carboxylic acids is 4. The quantitative estimate of drug-likeness (QED) is 0.201. The molecule has 3 aromatic carbocycles. The highest BCUT2D eigenvalue weighted by Gasteiger charge is 2.39. The molecule has 0 radical (unpaired) electrons. The molecule has 0 saturated heterocycles. The number of aromatic amines is 4. The molecule has 2 aliphatic rings. The van der Waals surface area contributed by atoms with Crippen molar-refractivity contribution in [2.75, 3.05) is 9.80 Å². The van der Waals surface area contributed by atoms with Crippen LogP contribution in [0.1, 0.15) is 41.4 Å². The maximum Gasteiger partial charge on any atom is 0.325 e. The van der Waals surface area contributed by atoms with E-state index >= 15 is 0 Å². The Labute approximate surface area is 253 Å². The molecule has 4 N–H and O–H groups in total. The Morgan fingerprint density at radius 3 is 1.26 bits per heavy atom. The van der Waals surface area contributed by atoms with Gasteiger partial charge in [-0.2, -0.15) is 0 Å². The fourth-order valence-electron chi connectivity index (χ4n) is 5.02. The topological polar surface area (TPSA) is 225 Å². The zero-order valence-corrected chi connectivity index (χ0v) is 22.9. The normalized spacial score (nSPS) is 13.7. The maximum absolute atomic E-state index is 13.1. The van der Waals surface area contributed by atoms with Gasteiger partial charge in [0.25, 0.3) is 34.7 Å². The van der Waals surface area contributed by atoms with E-state index < -0.39 is 46.1 Å². The van der Waals surface area contributed by atoms with Crippen molar-refractivity contribution in [1.82, 2.24) is 19.9 Å². The predicted molar refractivity (Wildman–Crippen MR) is 157 cm³/mol. The van der Waals surface area contributed by atoms with Gasteiger partial charge in [-0.15, -0.1) is 0 Å². The van der Waals surface area contributed by atoms with E-state index in [4.69, 9.17) is 9.47 Å². The molecule has 46 heavy (non-hydrogen) atoms. The van der Waals surface area contributed by atoms with E-state index in [2.05, 4.69) is 9.97 Å². The molecule has 4 amide bonds. The summed E-state index contributed by atoms with van der Waals surface area (Å²) in [7, 11) is 0. The molecule has 16 heteroatoms. The molecule has 4 heterocycles. The molecule has 0 saturated carbocycles. The van der Waals surface area contributed by atoms with Crippen molar-refractivity contribution in [2.45, 2.75) is 0 Å². The van der Waals surface area contributed by atoms with Crippen molar-refractivity contribution >= 4 is 35.0 Å². The van der Waals surface area contributed by atoms with E-state index in [0.717, 1.165) is 12.4 Å². The van der Waals surface area contributed by atoms with Crippen LogP contribution >= 0.6 is 0 Å². The van der Waals surface area contributed by atoms with Gasteiger partial charge in [0.15, 0.2) is 0 Å². The van der Waals surface area contributed by atoms with Crippen LogP contribution in [0.2, 0.25) is 0 Å². The van der Waals surface area contributed by atoms with Gasteiger partial charge in [-0.1, -0.05) is 6.07 Å². The highest BCUT2D eigenvalue weighted by molar-refractivity contribution is 6.35. The van der Waals surface area contributed by atoms with Crippen LogP contribution in [0.25, 0.3) is 0 Å². The van der Waals surface area contributed by atoms with E-state index in [9.17, 15) is 38.4 Å². The van der Waals surface area contributed by atoms with Gasteiger partial charge in [0, 0.05) is 18.5 Å². The number of ether oxygens (including phenoxy) is 2. The molecule has 0 aliphatic carbocycles. The zero-order valence-electron chi connectivity index (χ0n) is 22.9. The number of hydrogen-bond donors (Lipinski definition) is 4. The first-order valence-electron chi connectivity index (χ1n) is 13.2. The molecule has 0 atom stereocenters. The largest absolute Gasteiger partial charge is 0.457 e. The highest BCUT2D eigenvalue weighted by Crippen LogP contribution is 2.34. The van der Waals surface area contributed by atoms with Crippen LogP contribution in [0, 0.1) is 0 Å². The summed E-state index contributed by atoms with van der Waals surface area (Å²) < 4.78 is 11.8. The Morgan fingerprint density at radius 2 is 0.848 bits per heavy atom. The third-order valence-corrected chi connectivity index (χ3v) is 7.07. The van der Waals surface area contributed by atoms with Crippen molar-refractivity contribution in [3.8, 4) is 23.0 Å². The lowest BCUT2D eigenvalue weighted by Gasteiger charge is -2.11. The van der Waals surface area contributed by atoms with Crippen LogP contribution in [0.5, 0.6) is 23.0 Å². The van der Waals surface area contributed by atoms with Crippen LogP contribution < -0.4 is 41.8 Å². The van der Waals surface area contributed by atoms with Crippen LogP contribution in [0.15, 0.2) is 92.2 Å². The molecular weight excluding hydrogens is 604 g/mol. The van der Waals surface area contributed by atoms with Crippen LogP contribution in [-0.4, -0.2) is 43.6 Å². The second kappa shape index (κ2) is 10.3. The van der Waals surface area contributed by atoms with E-state index in [1.54, 1.807) is 18.2 Å². The van der Waals surface area contributed by atoms with Crippen LogP contribution in [0.3, 0.4) is 0 Å². The van der Waals surface area contributed by atoms with Gasteiger partial charge in [-0.3, -0.25) is 38.7 Å². The number of nitrogens with one attached hydrogen (secondary N) is 4. The SMILES string of the molecule is O=C1c2ccc(Oc3cccc(Oc4ccc5c(c4)C(=O)N(c4c[nH]c(=O)[nH]c4=O)C5=O)c3)cc2C(=O)N1c1c[nH]c(=O)[nH]c1=O. The molecule has 5 aromatic rings. The van der Waals surface area contributed by atoms with E-state index in [-0.39, 0.29) is 56.6 Å². The lowest BCUT2D eigenvalue weighted by Crippen LogP contribution is -2.36. The van der Waals surface area contributed by atoms with E-state index in [0.29, 0.717) is 9.80 Å². The number of rotatable bonds is 6. The lowest BCUT2D eigenvalue weighted by atomic mass is 10.1. The summed E-state index contributed by atoms with van der Waals surface area (Å²) in [6, 6.07) is 14.7. The number of carbonyl (C=O) groups is 4. The minimum atomic E-state index is -0.910. The monoisotopic (exact) mass is 620 g/mol. The molecule has 0 spiro atoms. The molecule has 0 bridgehead atoms. The minimum absolute atomic E-state index is 0.0178. The van der Waals surface area contributed by atoms with Crippen molar-refractivity contribution in [3.63, 3.8) is 0 Å². The van der Waals surface area contributed by atoms with Crippen molar-refractivity contribution in [3.05, 3.63) is 137 Å². The average Bonchev–Trinajstić information content (AvgIpc) is 3.41. The highest BCUT2D eigenvalue weighted by atomic mass is 16.5. The number of benzene rings is 3. The summed E-state index contributed by atoms with van der Waals surface area (Å²) in [6.45, 7) is 0. The summed E-state index contributed by atoms with van der Waals surface area (Å²) in [4.78, 5) is 109. The second-order valence-electron chi connectivity index (χ2n) is 9.90. The number of nitrogens with zero attached hydrogens (tertiary/aromatic N) is 2. The average molecular weight is 620 g/mol. The van der Waals surface area contributed by atoms with Crippen molar-refractivity contribution < 1.29 is 28.7 Å². The van der Waals surface area contributed by atoms with Crippen molar-refractivity contribution in [1.29, 1.82) is 0 Å². The Hall–Kier alpha value is -7.10. The summed E-state index contributed by atoms with van der Waals surface area (Å²) in [5.74, 6) is -2.13. The summed E-state index contributed by atoms with van der Waals surface area (Å²) in [5.41, 5.74) is -4.05. The zero-order chi connectivity index (χ0) is 32.3. The maximum atomic E-state index is 13.1. The van der Waals surface area contributed by atoms with Crippen LogP contribution in [-0.2, 0) is 0 Å². The Balaban J connectivity index is 1.10. The number of H-pyrrole nitrogens is 4. The van der Waals surface area contributed by atoms with Gasteiger partial charge in [0.1, 0.15) is 34.4 Å². The molecule has 0 unspecified atom stereocenters. The third kappa shape index (κ3) is 4.49. The second-order valence-corrected chi connectivity index (χ2v) is 9.90. The first kappa shape index (κ1) is 27.7. The predicted octanol–water partition coefficient (Wildman–Crippen LogP) is 1.63. The van der Waals surface area contributed by atoms with Crippen LogP contribution in [0.4, 0.5) is 11.4 Å². The molecule has 226 valence electrons. The van der Waals surface area contributed by atoms with Crippen molar-refractivity contribution in [2.24, 2.45) is 0 Å². The van der Waals surface area contributed by atoms with Gasteiger partial charge in [0.05, 0.1) is 22.3 Å². The number of anilines is 2. The summed E-state index contributed by atoms with van der Waals surface area (Å²) in [5, 5.41) is 0. The Bertz CT molecular complexity index is 2260. The summed E-state index contributed by atoms with van der Waals surface area (Å²) >= 11 is 0. The number of imide groups is 2. The van der Waals surface area contributed by atoms with Gasteiger partial charge in [0.2, 0.25) is 0 Å². The molecule has 2 aromatic heterocycles. The molecule has 2 aliphatic heterocycles. The van der Waals surface area contributed by atoms with Gasteiger partial charge < -0.3 is 19.4 Å². The van der Waals surface area contributed by atoms with Gasteiger partial charge in [-0.25, -0.2) is 19.4 Å². The molecular formula is C30H16N6O10. The lowest BCUT2D eigenvalue weighted by molar-refractivity contribution is 0.0909. The first-order valence-corrected chi connectivity index (χ1v) is 13.2. The molecule has 0 fully saturated rings. The standard InChI is InChI=1S/C30H16N6O10/c37-23-21(11-31-29(43)33-23)35-25(39)17-6-4-15(9-19(17)27(35)41)45-13-2-1-3-14(8-13)46-16-5-7-18-20(10-16)28(42)36(26(18)40)22-12-32-30(44)34-24(22)38/h1-12H,(H2,31,33,37,43)(H2,32,34,38,44). The Morgan fingerprint density at radius 1 is 0.457 bits per heavy atom. The first-order chi connectivity index (χ1) is 22.1. The van der Waals surface area contributed by atoms with E-state index in [1.807, 2.05) is 9.97 Å².